The van der Waals surface area contributed by atoms with Gasteiger partial charge in [0.25, 0.3) is 10.0 Å². The Bertz CT molecular complexity index is 894. The molecule has 0 bridgehead atoms. The molecule has 27 heavy (non-hydrogen) atoms. The van der Waals surface area contributed by atoms with Crippen LogP contribution < -0.4 is 10.1 Å². The third-order valence-electron chi connectivity index (χ3n) is 4.37. The summed E-state index contributed by atoms with van der Waals surface area (Å²) in [5.41, 5.74) is 0.656. The van der Waals surface area contributed by atoms with Gasteiger partial charge in [-0.15, -0.1) is 0 Å². The Kier molecular flexibility index (Phi) is 5.66. The zero-order valence-electron chi connectivity index (χ0n) is 15.3. The quantitative estimate of drug-likeness (QED) is 0.846. The average molecular weight is 393 g/mol. The lowest BCUT2D eigenvalue weighted by molar-refractivity contribution is 0.214. The van der Waals surface area contributed by atoms with Crippen molar-refractivity contribution >= 4 is 21.7 Å². The van der Waals surface area contributed by atoms with Crippen LogP contribution in [0.25, 0.3) is 0 Å². The molecule has 1 aromatic carbocycles. The van der Waals surface area contributed by atoms with Crippen molar-refractivity contribution in [3.63, 3.8) is 0 Å². The lowest BCUT2D eigenvalue weighted by atomic mass is 10.3. The number of hydrogen-bond acceptors (Lipinski definition) is 5. The number of amides is 2. The largest absolute Gasteiger partial charge is 0.497 e. The van der Waals surface area contributed by atoms with E-state index >= 15 is 0 Å². The normalized spacial score (nSPS) is 16.0. The van der Waals surface area contributed by atoms with Gasteiger partial charge in [-0.3, -0.25) is 0 Å². The lowest BCUT2D eigenvalue weighted by Gasteiger charge is -2.21. The number of carbonyl (C=O) groups is 1. The van der Waals surface area contributed by atoms with Crippen LogP contribution in [-0.4, -0.2) is 66.5 Å². The number of aromatic nitrogens is 2. The summed E-state index contributed by atoms with van der Waals surface area (Å²) >= 11 is 0. The van der Waals surface area contributed by atoms with Crippen molar-refractivity contribution in [1.82, 2.24) is 18.8 Å². The molecule has 0 radical (unpaired) electrons. The van der Waals surface area contributed by atoms with E-state index < -0.39 is 10.0 Å². The summed E-state index contributed by atoms with van der Waals surface area (Å²) in [5.74, 6) is 0.707. The first kappa shape index (κ1) is 19.2. The molecule has 1 saturated heterocycles. The second-order valence-electron chi connectivity index (χ2n) is 6.28. The van der Waals surface area contributed by atoms with Crippen molar-refractivity contribution in [3.8, 4) is 5.75 Å². The second kappa shape index (κ2) is 7.97. The highest BCUT2D eigenvalue weighted by Crippen LogP contribution is 2.18. The molecule has 0 saturated carbocycles. The van der Waals surface area contributed by atoms with Gasteiger partial charge in [0.15, 0.2) is 5.03 Å². The van der Waals surface area contributed by atoms with Crippen molar-refractivity contribution in [3.05, 3.63) is 36.8 Å². The molecule has 2 aromatic rings. The molecule has 1 fully saturated rings. The van der Waals surface area contributed by atoms with Crippen molar-refractivity contribution in [2.45, 2.75) is 11.4 Å². The SMILES string of the molecule is COc1ccc(NC(=O)N2CCCN(S(=O)(=O)c3cn(C)cn3)CC2)cc1. The minimum atomic E-state index is -3.65. The molecule has 2 heterocycles. The number of nitrogens with zero attached hydrogens (tertiary/aromatic N) is 4. The van der Waals surface area contributed by atoms with Crippen LogP contribution in [-0.2, 0) is 17.1 Å². The Labute approximate surface area is 158 Å². The molecular formula is C17H23N5O4S. The molecule has 2 amide bonds. The molecule has 9 nitrogen and oxygen atoms in total. The van der Waals surface area contributed by atoms with Crippen LogP contribution in [0.4, 0.5) is 10.5 Å². The number of aryl methyl sites for hydroxylation is 1. The first-order valence-corrected chi connectivity index (χ1v) is 10.0. The fraction of sp³-hybridized carbons (Fsp3) is 0.412. The molecule has 3 rings (SSSR count). The van der Waals surface area contributed by atoms with Crippen LogP contribution in [0.5, 0.6) is 5.75 Å². The predicted molar refractivity (Wildman–Crippen MR) is 100 cm³/mol. The van der Waals surface area contributed by atoms with Crippen molar-refractivity contribution in [2.75, 3.05) is 38.6 Å². The van der Waals surface area contributed by atoms with Crippen molar-refractivity contribution in [1.29, 1.82) is 0 Å². The molecule has 0 atom stereocenters. The summed E-state index contributed by atoms with van der Waals surface area (Å²) in [5, 5.41) is 2.86. The summed E-state index contributed by atoms with van der Waals surface area (Å²) in [6.07, 6.45) is 3.50. The molecule has 1 aliphatic heterocycles. The van der Waals surface area contributed by atoms with Crippen LogP contribution in [0, 0.1) is 0 Å². The van der Waals surface area contributed by atoms with Gasteiger partial charge >= 0.3 is 6.03 Å². The van der Waals surface area contributed by atoms with E-state index in [-0.39, 0.29) is 17.6 Å². The number of imidazole rings is 1. The Morgan fingerprint density at radius 2 is 1.89 bits per heavy atom. The first-order chi connectivity index (χ1) is 12.9. The second-order valence-corrected chi connectivity index (χ2v) is 8.17. The average Bonchev–Trinajstić information content (AvgIpc) is 2.94. The standard InChI is InChI=1S/C17H23N5O4S/c1-20-12-16(18-13-20)27(24,25)22-9-3-8-21(10-11-22)17(23)19-14-4-6-15(26-2)7-5-14/h4-7,12-13H,3,8-11H2,1-2H3,(H,19,23). The Balaban J connectivity index is 1.62. The van der Waals surface area contributed by atoms with Crippen molar-refractivity contribution in [2.24, 2.45) is 7.05 Å². The number of carbonyl (C=O) groups excluding carboxylic acids is 1. The van der Waals surface area contributed by atoms with Gasteiger partial charge in [0.2, 0.25) is 0 Å². The lowest BCUT2D eigenvalue weighted by Crippen LogP contribution is -2.39. The molecule has 0 aliphatic carbocycles. The number of methoxy groups -OCH3 is 1. The topological polar surface area (TPSA) is 96.8 Å². The fourth-order valence-corrected chi connectivity index (χ4v) is 4.30. The molecule has 0 unspecified atom stereocenters. The van der Waals surface area contributed by atoms with Crippen LogP contribution in [0.1, 0.15) is 6.42 Å². The van der Waals surface area contributed by atoms with Gasteiger partial charge in [0.1, 0.15) is 5.75 Å². The Hall–Kier alpha value is -2.59. The Morgan fingerprint density at radius 1 is 1.15 bits per heavy atom. The number of sulfonamides is 1. The van der Waals surface area contributed by atoms with E-state index in [0.717, 1.165) is 0 Å². The minimum Gasteiger partial charge on any atom is -0.497 e. The summed E-state index contributed by atoms with van der Waals surface area (Å²) in [4.78, 5) is 18.1. The van der Waals surface area contributed by atoms with E-state index in [4.69, 9.17) is 4.74 Å². The summed E-state index contributed by atoms with van der Waals surface area (Å²) in [6, 6.07) is 6.79. The summed E-state index contributed by atoms with van der Waals surface area (Å²) in [6.45, 7) is 1.38. The van der Waals surface area contributed by atoms with Crippen LogP contribution in [0.3, 0.4) is 0 Å². The third kappa shape index (κ3) is 4.40. The van der Waals surface area contributed by atoms with Crippen LogP contribution in [0.2, 0.25) is 0 Å². The van der Waals surface area contributed by atoms with E-state index in [1.54, 1.807) is 47.9 Å². The van der Waals surface area contributed by atoms with Gasteiger partial charge < -0.3 is 19.5 Å². The zero-order chi connectivity index (χ0) is 19.4. The summed E-state index contributed by atoms with van der Waals surface area (Å²) < 4.78 is 33.5. The van der Waals surface area contributed by atoms with Gasteiger partial charge in [0.05, 0.1) is 13.4 Å². The molecule has 0 spiro atoms. The van der Waals surface area contributed by atoms with Crippen LogP contribution in [0.15, 0.2) is 41.8 Å². The van der Waals surface area contributed by atoms with Crippen LogP contribution >= 0.6 is 0 Å². The van der Waals surface area contributed by atoms with Gasteiger partial charge in [-0.05, 0) is 30.7 Å². The van der Waals surface area contributed by atoms with E-state index in [9.17, 15) is 13.2 Å². The number of urea groups is 1. The molecule has 1 N–H and O–H groups in total. The first-order valence-electron chi connectivity index (χ1n) is 8.58. The Morgan fingerprint density at radius 3 is 2.52 bits per heavy atom. The minimum absolute atomic E-state index is 0.0288. The highest BCUT2D eigenvalue weighted by atomic mass is 32.2. The molecule has 10 heteroatoms. The molecule has 1 aromatic heterocycles. The highest BCUT2D eigenvalue weighted by molar-refractivity contribution is 7.89. The highest BCUT2D eigenvalue weighted by Gasteiger charge is 2.29. The maximum absolute atomic E-state index is 12.7. The predicted octanol–water partition coefficient (Wildman–Crippen LogP) is 1.36. The van der Waals surface area contributed by atoms with Gasteiger partial charge in [0, 0.05) is 45.1 Å². The smallest absolute Gasteiger partial charge is 0.321 e. The fourth-order valence-electron chi connectivity index (χ4n) is 2.87. The maximum atomic E-state index is 12.7. The van der Waals surface area contributed by atoms with Gasteiger partial charge in [-0.1, -0.05) is 0 Å². The molecule has 146 valence electrons. The van der Waals surface area contributed by atoms with Gasteiger partial charge in [-0.2, -0.15) is 4.31 Å². The number of anilines is 1. The number of rotatable bonds is 4. The third-order valence-corrected chi connectivity index (χ3v) is 6.15. The number of hydrogen-bond donors (Lipinski definition) is 1. The molecular weight excluding hydrogens is 370 g/mol. The van der Waals surface area contributed by atoms with E-state index in [1.165, 1.54) is 16.8 Å². The van der Waals surface area contributed by atoms with Gasteiger partial charge in [-0.25, -0.2) is 18.2 Å². The number of nitrogens with one attached hydrogen (secondary N) is 1. The zero-order valence-corrected chi connectivity index (χ0v) is 16.1. The van der Waals surface area contributed by atoms with Crippen molar-refractivity contribution < 1.29 is 17.9 Å². The van der Waals surface area contributed by atoms with E-state index in [2.05, 4.69) is 10.3 Å². The number of benzene rings is 1. The molecule has 1 aliphatic rings. The van der Waals surface area contributed by atoms with E-state index in [0.29, 0.717) is 37.5 Å². The maximum Gasteiger partial charge on any atom is 0.321 e. The number of ether oxygens (including phenoxy) is 1. The van der Waals surface area contributed by atoms with E-state index in [1.807, 2.05) is 0 Å². The summed E-state index contributed by atoms with van der Waals surface area (Å²) in [7, 11) is -0.350. The monoisotopic (exact) mass is 393 g/mol.